The summed E-state index contributed by atoms with van der Waals surface area (Å²) in [5.41, 5.74) is 0.561. The molecule has 0 unspecified atom stereocenters. The van der Waals surface area contributed by atoms with Crippen molar-refractivity contribution in [2.75, 3.05) is 5.32 Å². The Labute approximate surface area is 105 Å². The van der Waals surface area contributed by atoms with Crippen LogP contribution in [0.3, 0.4) is 0 Å². The average molecular weight is 252 g/mol. The van der Waals surface area contributed by atoms with Gasteiger partial charge in [-0.05, 0) is 32.9 Å². The Balaban J connectivity index is 2.53. The van der Waals surface area contributed by atoms with E-state index in [4.69, 9.17) is 4.74 Å². The monoisotopic (exact) mass is 252 g/mol. The number of hydrogen-bond acceptors (Lipinski definition) is 5. The second kappa shape index (κ2) is 6.00. The Hall–Kier alpha value is -2.11. The Kier molecular flexibility index (Phi) is 4.65. The van der Waals surface area contributed by atoms with Crippen LogP contribution in [0.4, 0.5) is 10.5 Å². The van der Waals surface area contributed by atoms with Gasteiger partial charge in [0.1, 0.15) is 12.2 Å². The van der Waals surface area contributed by atoms with Crippen molar-refractivity contribution in [3.63, 3.8) is 0 Å². The third kappa shape index (κ3) is 5.29. The SMILES string of the molecule is CC(C)(C)OC(=O)Nc1ccc(COC=O)nc1. The van der Waals surface area contributed by atoms with Crippen molar-refractivity contribution in [1.29, 1.82) is 0 Å². The fraction of sp³-hybridized carbons (Fsp3) is 0.417. The van der Waals surface area contributed by atoms with E-state index >= 15 is 0 Å². The fourth-order valence-corrected chi connectivity index (χ4v) is 1.12. The predicted molar refractivity (Wildman–Crippen MR) is 64.9 cm³/mol. The van der Waals surface area contributed by atoms with E-state index in [0.29, 0.717) is 17.9 Å². The van der Waals surface area contributed by atoms with E-state index in [1.807, 2.05) is 0 Å². The molecule has 0 spiro atoms. The predicted octanol–water partition coefficient (Wildman–Crippen LogP) is 2.10. The summed E-state index contributed by atoms with van der Waals surface area (Å²) >= 11 is 0. The van der Waals surface area contributed by atoms with Crippen LogP contribution >= 0.6 is 0 Å². The van der Waals surface area contributed by atoms with Crippen LogP contribution in [-0.2, 0) is 20.9 Å². The minimum Gasteiger partial charge on any atom is -0.461 e. The van der Waals surface area contributed by atoms with Gasteiger partial charge in [0.05, 0.1) is 17.6 Å². The summed E-state index contributed by atoms with van der Waals surface area (Å²) in [6, 6.07) is 3.30. The third-order valence-corrected chi connectivity index (χ3v) is 1.77. The Bertz CT molecular complexity index is 409. The molecule has 0 fully saturated rings. The van der Waals surface area contributed by atoms with Gasteiger partial charge in [0, 0.05) is 0 Å². The summed E-state index contributed by atoms with van der Waals surface area (Å²) in [5, 5.41) is 2.55. The summed E-state index contributed by atoms with van der Waals surface area (Å²) in [6.45, 7) is 5.81. The molecule has 6 nitrogen and oxygen atoms in total. The van der Waals surface area contributed by atoms with Crippen molar-refractivity contribution in [1.82, 2.24) is 4.98 Å². The number of nitrogens with one attached hydrogen (secondary N) is 1. The standard InChI is InChI=1S/C12H16N2O4/c1-12(2,3)18-11(16)14-9-4-5-10(13-6-9)7-17-8-15/h4-6,8H,7H2,1-3H3,(H,14,16). The number of carbonyl (C=O) groups is 2. The van der Waals surface area contributed by atoms with Crippen LogP contribution in [0.2, 0.25) is 0 Å². The number of nitrogens with zero attached hydrogens (tertiary/aromatic N) is 1. The van der Waals surface area contributed by atoms with Crippen molar-refractivity contribution in [2.45, 2.75) is 33.0 Å². The third-order valence-electron chi connectivity index (χ3n) is 1.77. The summed E-state index contributed by atoms with van der Waals surface area (Å²) in [5.74, 6) is 0. The van der Waals surface area contributed by atoms with Crippen molar-refractivity contribution in [2.24, 2.45) is 0 Å². The molecule has 0 atom stereocenters. The molecule has 0 aliphatic heterocycles. The van der Waals surface area contributed by atoms with Gasteiger partial charge in [-0.15, -0.1) is 0 Å². The number of aromatic nitrogens is 1. The minimum atomic E-state index is -0.546. The molecule has 1 aromatic heterocycles. The first kappa shape index (κ1) is 14.0. The molecular formula is C12H16N2O4. The summed E-state index contributed by atoms with van der Waals surface area (Å²) in [4.78, 5) is 25.5. The maximum absolute atomic E-state index is 11.5. The van der Waals surface area contributed by atoms with Crippen LogP contribution in [0.15, 0.2) is 18.3 Å². The zero-order valence-corrected chi connectivity index (χ0v) is 10.6. The van der Waals surface area contributed by atoms with Crippen LogP contribution in [-0.4, -0.2) is 23.2 Å². The molecule has 18 heavy (non-hydrogen) atoms. The number of amides is 1. The van der Waals surface area contributed by atoms with Gasteiger partial charge in [-0.3, -0.25) is 15.1 Å². The lowest BCUT2D eigenvalue weighted by molar-refractivity contribution is -0.129. The number of ether oxygens (including phenoxy) is 2. The quantitative estimate of drug-likeness (QED) is 0.830. The van der Waals surface area contributed by atoms with Crippen LogP contribution in [0, 0.1) is 0 Å². The first-order valence-corrected chi connectivity index (χ1v) is 5.41. The zero-order valence-electron chi connectivity index (χ0n) is 10.6. The van der Waals surface area contributed by atoms with Gasteiger partial charge in [0.25, 0.3) is 6.47 Å². The highest BCUT2D eigenvalue weighted by Crippen LogP contribution is 2.11. The lowest BCUT2D eigenvalue weighted by Gasteiger charge is -2.19. The molecule has 1 heterocycles. The van der Waals surface area contributed by atoms with E-state index in [1.165, 1.54) is 6.20 Å². The molecule has 0 radical (unpaired) electrons. The van der Waals surface area contributed by atoms with Gasteiger partial charge in [-0.2, -0.15) is 0 Å². The summed E-state index contributed by atoms with van der Waals surface area (Å²) in [7, 11) is 0. The van der Waals surface area contributed by atoms with E-state index < -0.39 is 11.7 Å². The smallest absolute Gasteiger partial charge is 0.412 e. The van der Waals surface area contributed by atoms with E-state index in [9.17, 15) is 9.59 Å². The number of anilines is 1. The molecule has 1 rings (SSSR count). The van der Waals surface area contributed by atoms with Crippen molar-refractivity contribution in [3.05, 3.63) is 24.0 Å². The molecule has 98 valence electrons. The molecule has 6 heteroatoms. The van der Waals surface area contributed by atoms with Crippen molar-refractivity contribution < 1.29 is 19.1 Å². The van der Waals surface area contributed by atoms with Crippen molar-refractivity contribution in [3.8, 4) is 0 Å². The minimum absolute atomic E-state index is 0.107. The Morgan fingerprint density at radius 3 is 2.67 bits per heavy atom. The lowest BCUT2D eigenvalue weighted by Crippen LogP contribution is -2.27. The van der Waals surface area contributed by atoms with E-state index in [-0.39, 0.29) is 6.61 Å². The molecular weight excluding hydrogens is 236 g/mol. The number of pyridine rings is 1. The highest BCUT2D eigenvalue weighted by Gasteiger charge is 2.16. The van der Waals surface area contributed by atoms with E-state index in [0.717, 1.165) is 0 Å². The number of hydrogen-bond donors (Lipinski definition) is 1. The zero-order chi connectivity index (χ0) is 13.6. The van der Waals surface area contributed by atoms with Gasteiger partial charge in [-0.25, -0.2) is 4.79 Å². The molecule has 0 aliphatic carbocycles. The molecule has 0 aliphatic rings. The lowest BCUT2D eigenvalue weighted by atomic mass is 10.2. The molecule has 1 N–H and O–H groups in total. The van der Waals surface area contributed by atoms with Gasteiger partial charge >= 0.3 is 6.09 Å². The Morgan fingerprint density at radius 1 is 1.44 bits per heavy atom. The normalized spacial score (nSPS) is 10.6. The molecule has 0 saturated carbocycles. The molecule has 0 aromatic carbocycles. The van der Waals surface area contributed by atoms with E-state index in [1.54, 1.807) is 32.9 Å². The average Bonchev–Trinajstić information content (AvgIpc) is 2.25. The first-order chi connectivity index (χ1) is 8.40. The highest BCUT2D eigenvalue weighted by molar-refractivity contribution is 5.84. The summed E-state index contributed by atoms with van der Waals surface area (Å²) in [6.07, 6.45) is 0.925. The van der Waals surface area contributed by atoms with Gasteiger partial charge in [-0.1, -0.05) is 0 Å². The maximum Gasteiger partial charge on any atom is 0.412 e. The van der Waals surface area contributed by atoms with E-state index in [2.05, 4.69) is 15.0 Å². The summed E-state index contributed by atoms with van der Waals surface area (Å²) < 4.78 is 9.64. The topological polar surface area (TPSA) is 77.5 Å². The van der Waals surface area contributed by atoms with Gasteiger partial charge < -0.3 is 9.47 Å². The Morgan fingerprint density at radius 2 is 2.17 bits per heavy atom. The molecule has 1 aromatic rings. The highest BCUT2D eigenvalue weighted by atomic mass is 16.6. The maximum atomic E-state index is 11.5. The van der Waals surface area contributed by atoms with Crippen LogP contribution in [0.1, 0.15) is 26.5 Å². The number of rotatable bonds is 4. The fourth-order valence-electron chi connectivity index (χ4n) is 1.12. The van der Waals surface area contributed by atoms with Crippen molar-refractivity contribution >= 4 is 18.3 Å². The molecule has 1 amide bonds. The van der Waals surface area contributed by atoms with Gasteiger partial charge in [0.2, 0.25) is 0 Å². The largest absolute Gasteiger partial charge is 0.461 e. The van der Waals surface area contributed by atoms with Crippen LogP contribution in [0.5, 0.6) is 0 Å². The molecule has 0 saturated heterocycles. The second-order valence-electron chi connectivity index (χ2n) is 4.57. The molecule has 0 bridgehead atoms. The van der Waals surface area contributed by atoms with Crippen LogP contribution in [0.25, 0.3) is 0 Å². The van der Waals surface area contributed by atoms with Crippen LogP contribution < -0.4 is 5.32 Å². The first-order valence-electron chi connectivity index (χ1n) is 5.41. The van der Waals surface area contributed by atoms with Gasteiger partial charge in [0.15, 0.2) is 0 Å². The second-order valence-corrected chi connectivity index (χ2v) is 4.57. The number of carbonyl (C=O) groups excluding carboxylic acids is 2.